The van der Waals surface area contributed by atoms with Crippen LogP contribution in [0.1, 0.15) is 63.5 Å². The predicted octanol–water partition coefficient (Wildman–Crippen LogP) is 8.41. The van der Waals surface area contributed by atoms with Crippen LogP contribution < -0.4 is 0 Å². The number of fused-ring (bicyclic) bond motifs is 1. The zero-order valence-electron chi connectivity index (χ0n) is 19.7. The van der Waals surface area contributed by atoms with E-state index in [1.165, 1.54) is 46.7 Å². The molecule has 3 aromatic rings. The number of unbranched alkanes of at least 4 members (excludes halogenated alkanes) is 3. The van der Waals surface area contributed by atoms with E-state index < -0.39 is 0 Å². The quantitative estimate of drug-likeness (QED) is 0.202. The van der Waals surface area contributed by atoms with Gasteiger partial charge in [-0.2, -0.15) is 0 Å². The Labute approximate surface area is 194 Å². The lowest BCUT2D eigenvalue weighted by molar-refractivity contribution is 0.0566. The number of allylic oxidation sites excluding steroid dienone is 2. The molecule has 0 radical (unpaired) electrons. The van der Waals surface area contributed by atoms with E-state index in [-0.39, 0.29) is 0 Å². The summed E-state index contributed by atoms with van der Waals surface area (Å²) in [5.41, 5.74) is 4.62. The molecule has 0 saturated heterocycles. The topological polar surface area (TPSA) is 22.1 Å². The third-order valence-corrected chi connectivity index (χ3v) is 5.83. The summed E-state index contributed by atoms with van der Waals surface area (Å²) < 4.78 is 5.89. The van der Waals surface area contributed by atoms with Crippen LogP contribution in [0.4, 0.5) is 0 Å². The molecule has 1 aromatic heterocycles. The van der Waals surface area contributed by atoms with Crippen molar-refractivity contribution >= 4 is 16.8 Å². The van der Waals surface area contributed by atoms with Gasteiger partial charge in [0.15, 0.2) is 0 Å². The Morgan fingerprint density at radius 3 is 2.75 bits per heavy atom. The van der Waals surface area contributed by atoms with Crippen LogP contribution in [-0.4, -0.2) is 17.7 Å². The molecule has 1 atom stereocenters. The van der Waals surface area contributed by atoms with Crippen molar-refractivity contribution in [3.8, 4) is 11.3 Å². The molecule has 0 spiro atoms. The highest BCUT2D eigenvalue weighted by atomic mass is 16.5. The molecule has 3 rings (SSSR count). The van der Waals surface area contributed by atoms with Gasteiger partial charge in [0.25, 0.3) is 0 Å². The van der Waals surface area contributed by atoms with Gasteiger partial charge >= 0.3 is 0 Å². The maximum Gasteiger partial charge on any atom is 0.0708 e. The second-order valence-electron chi connectivity index (χ2n) is 8.55. The molecule has 2 heteroatoms. The van der Waals surface area contributed by atoms with Crippen molar-refractivity contribution in [2.24, 2.45) is 0 Å². The number of benzene rings is 2. The minimum Gasteiger partial charge on any atom is -0.379 e. The predicted molar refractivity (Wildman–Crippen MR) is 139 cm³/mol. The monoisotopic (exact) mass is 427 g/mol. The molecular weight excluding hydrogens is 390 g/mol. The van der Waals surface area contributed by atoms with E-state index in [9.17, 15) is 0 Å². The van der Waals surface area contributed by atoms with Crippen molar-refractivity contribution < 1.29 is 4.74 Å². The summed E-state index contributed by atoms with van der Waals surface area (Å²) in [4.78, 5) is 4.68. The number of ether oxygens (including phenoxy) is 1. The lowest BCUT2D eigenvalue weighted by Gasteiger charge is -2.12. The Morgan fingerprint density at radius 2 is 1.97 bits per heavy atom. The molecule has 1 unspecified atom stereocenters. The Kier molecular flexibility index (Phi) is 9.71. The fraction of sp³-hybridized carbons (Fsp3) is 0.367. The second-order valence-corrected chi connectivity index (χ2v) is 8.55. The van der Waals surface area contributed by atoms with Gasteiger partial charge in [-0.1, -0.05) is 74.4 Å². The smallest absolute Gasteiger partial charge is 0.0708 e. The van der Waals surface area contributed by atoms with Crippen LogP contribution in [0.3, 0.4) is 0 Å². The first-order chi connectivity index (χ1) is 15.7. The van der Waals surface area contributed by atoms with Crippen LogP contribution in [0.15, 0.2) is 73.5 Å². The van der Waals surface area contributed by atoms with Crippen molar-refractivity contribution in [3.05, 3.63) is 84.6 Å². The highest BCUT2D eigenvalue weighted by molar-refractivity contribution is 5.96. The normalized spacial score (nSPS) is 12.4. The van der Waals surface area contributed by atoms with Crippen LogP contribution in [0, 0.1) is 0 Å². The second kappa shape index (κ2) is 13.0. The number of pyridine rings is 1. The summed E-state index contributed by atoms with van der Waals surface area (Å²) in [7, 11) is 0. The van der Waals surface area contributed by atoms with Gasteiger partial charge in [0, 0.05) is 18.4 Å². The van der Waals surface area contributed by atoms with Gasteiger partial charge in [0.1, 0.15) is 0 Å². The van der Waals surface area contributed by atoms with Gasteiger partial charge in [0.05, 0.1) is 11.8 Å². The van der Waals surface area contributed by atoms with Crippen molar-refractivity contribution in [1.82, 2.24) is 4.98 Å². The standard InChI is InChI=1S/C30H37NO/c1-4-6-10-21-32-24(3)13-8-7-9-14-25-17-19-28-27(22-25)15-11-16-29(28)30-20-18-26(12-5-2)23-31-30/h5,9,11,14-20,22-24H,2,4,6-8,10,12-13,21H2,1,3H3/b14-9+. The van der Waals surface area contributed by atoms with Gasteiger partial charge in [-0.15, -0.1) is 6.58 Å². The van der Waals surface area contributed by atoms with Crippen LogP contribution in [0.2, 0.25) is 0 Å². The van der Waals surface area contributed by atoms with Crippen LogP contribution in [0.5, 0.6) is 0 Å². The molecule has 1 heterocycles. The molecule has 0 aliphatic carbocycles. The van der Waals surface area contributed by atoms with Gasteiger partial charge < -0.3 is 4.74 Å². The van der Waals surface area contributed by atoms with Crippen molar-refractivity contribution in [1.29, 1.82) is 0 Å². The minimum absolute atomic E-state index is 0.360. The van der Waals surface area contributed by atoms with Crippen LogP contribution in [0.25, 0.3) is 28.1 Å². The van der Waals surface area contributed by atoms with E-state index in [0.29, 0.717) is 6.10 Å². The van der Waals surface area contributed by atoms with Crippen molar-refractivity contribution in [2.45, 2.75) is 64.9 Å². The maximum absolute atomic E-state index is 5.89. The van der Waals surface area contributed by atoms with E-state index in [0.717, 1.165) is 38.0 Å². The van der Waals surface area contributed by atoms with E-state index in [1.807, 2.05) is 12.3 Å². The first-order valence-corrected chi connectivity index (χ1v) is 12.1. The van der Waals surface area contributed by atoms with Crippen molar-refractivity contribution in [3.63, 3.8) is 0 Å². The number of rotatable bonds is 13. The van der Waals surface area contributed by atoms with E-state index in [2.05, 4.69) is 86.1 Å². The molecule has 168 valence electrons. The Morgan fingerprint density at radius 1 is 1.06 bits per heavy atom. The molecule has 0 aliphatic heterocycles. The van der Waals surface area contributed by atoms with Crippen LogP contribution in [-0.2, 0) is 11.2 Å². The summed E-state index contributed by atoms with van der Waals surface area (Å²) in [6.07, 6.45) is 16.7. The summed E-state index contributed by atoms with van der Waals surface area (Å²) in [5, 5.41) is 2.48. The minimum atomic E-state index is 0.360. The number of hydrogen-bond donors (Lipinski definition) is 0. The average molecular weight is 428 g/mol. The largest absolute Gasteiger partial charge is 0.379 e. The Balaban J connectivity index is 1.57. The molecule has 0 N–H and O–H groups in total. The SMILES string of the molecule is C=CCc1ccc(-c2cccc3cc(/C=C/CCCC(C)OCCCCC)ccc23)nc1. The summed E-state index contributed by atoms with van der Waals surface area (Å²) in [6.45, 7) is 9.12. The van der Waals surface area contributed by atoms with Gasteiger partial charge in [-0.3, -0.25) is 4.98 Å². The van der Waals surface area contributed by atoms with E-state index in [1.54, 1.807) is 0 Å². The van der Waals surface area contributed by atoms with Gasteiger partial charge in [-0.25, -0.2) is 0 Å². The third-order valence-electron chi connectivity index (χ3n) is 5.83. The highest BCUT2D eigenvalue weighted by Gasteiger charge is 2.06. The fourth-order valence-electron chi connectivity index (χ4n) is 3.96. The third kappa shape index (κ3) is 7.17. The molecule has 0 fully saturated rings. The van der Waals surface area contributed by atoms with Gasteiger partial charge in [0.2, 0.25) is 0 Å². The summed E-state index contributed by atoms with van der Waals surface area (Å²) in [5.74, 6) is 0. The molecule has 0 bridgehead atoms. The first kappa shape index (κ1) is 23.9. The lowest BCUT2D eigenvalue weighted by Crippen LogP contribution is -2.08. The maximum atomic E-state index is 5.89. The summed E-state index contributed by atoms with van der Waals surface area (Å²) >= 11 is 0. The molecule has 0 aliphatic rings. The number of nitrogens with zero attached hydrogens (tertiary/aromatic N) is 1. The highest BCUT2D eigenvalue weighted by Crippen LogP contribution is 2.28. The summed E-state index contributed by atoms with van der Waals surface area (Å²) in [6, 6.07) is 17.4. The number of aromatic nitrogens is 1. The molecule has 0 amide bonds. The average Bonchev–Trinajstić information content (AvgIpc) is 2.82. The molecule has 0 saturated carbocycles. The molecule has 2 nitrogen and oxygen atoms in total. The first-order valence-electron chi connectivity index (χ1n) is 12.1. The Bertz CT molecular complexity index is 1000. The number of hydrogen-bond acceptors (Lipinski definition) is 2. The molecule has 2 aromatic carbocycles. The van der Waals surface area contributed by atoms with Gasteiger partial charge in [-0.05, 0) is 73.1 Å². The van der Waals surface area contributed by atoms with E-state index in [4.69, 9.17) is 4.74 Å². The van der Waals surface area contributed by atoms with Crippen LogP contribution >= 0.6 is 0 Å². The Hall–Kier alpha value is -2.71. The van der Waals surface area contributed by atoms with E-state index >= 15 is 0 Å². The zero-order valence-corrected chi connectivity index (χ0v) is 19.7. The molecule has 32 heavy (non-hydrogen) atoms. The molecular formula is C30H37NO. The fourth-order valence-corrected chi connectivity index (χ4v) is 3.96. The van der Waals surface area contributed by atoms with Crippen molar-refractivity contribution in [2.75, 3.05) is 6.61 Å². The lowest BCUT2D eigenvalue weighted by atomic mass is 9.99. The zero-order chi connectivity index (χ0) is 22.6.